The average molecular weight is 519 g/mol. The zero-order valence-corrected chi connectivity index (χ0v) is 20.3. The summed E-state index contributed by atoms with van der Waals surface area (Å²) in [6.07, 6.45) is 8.27. The van der Waals surface area contributed by atoms with E-state index in [-0.39, 0.29) is 24.0 Å². The van der Waals surface area contributed by atoms with Gasteiger partial charge in [-0.1, -0.05) is 6.07 Å². The molecule has 0 fully saturated rings. The second-order valence-corrected chi connectivity index (χ2v) is 8.98. The van der Waals surface area contributed by atoms with Gasteiger partial charge in [-0.3, -0.25) is 4.99 Å². The van der Waals surface area contributed by atoms with Gasteiger partial charge in [0.2, 0.25) is 0 Å². The van der Waals surface area contributed by atoms with Crippen molar-refractivity contribution in [1.82, 2.24) is 15.2 Å². The number of nitrogens with zero attached hydrogens (tertiary/aromatic N) is 3. The molecule has 0 unspecified atom stereocenters. The minimum Gasteiger partial charge on any atom is -0.357 e. The third kappa shape index (κ3) is 7.02. The number of nitrogens with one attached hydrogen (secondary N) is 1. The zero-order valence-electron chi connectivity index (χ0n) is 16.4. The number of thiophene rings is 1. The molecule has 2 aromatic rings. The van der Waals surface area contributed by atoms with Crippen molar-refractivity contribution in [2.24, 2.45) is 4.99 Å². The highest BCUT2D eigenvalue weighted by Crippen LogP contribution is 2.27. The van der Waals surface area contributed by atoms with Crippen molar-refractivity contribution < 1.29 is 0 Å². The van der Waals surface area contributed by atoms with Gasteiger partial charge in [0, 0.05) is 42.9 Å². The van der Waals surface area contributed by atoms with Crippen LogP contribution in [0.3, 0.4) is 0 Å². The Balaban J connectivity index is 0.00000261. The Bertz CT molecular complexity index is 673. The molecule has 1 aliphatic rings. The van der Waals surface area contributed by atoms with Crippen LogP contribution in [0.4, 0.5) is 0 Å². The van der Waals surface area contributed by atoms with E-state index in [1.54, 1.807) is 0 Å². The Labute approximate surface area is 188 Å². The van der Waals surface area contributed by atoms with E-state index in [0.29, 0.717) is 0 Å². The Morgan fingerprint density at radius 3 is 2.89 bits per heavy atom. The van der Waals surface area contributed by atoms with Gasteiger partial charge in [0.05, 0.1) is 10.7 Å². The molecule has 0 bridgehead atoms. The Morgan fingerprint density at radius 1 is 1.30 bits per heavy atom. The first kappa shape index (κ1) is 22.6. The molecular weight excluding hydrogens is 487 g/mol. The van der Waals surface area contributed by atoms with Crippen LogP contribution in [0.25, 0.3) is 0 Å². The van der Waals surface area contributed by atoms with Crippen molar-refractivity contribution in [3.63, 3.8) is 0 Å². The number of fused-ring (bicyclic) bond motifs is 1. The predicted molar refractivity (Wildman–Crippen MR) is 129 cm³/mol. The maximum absolute atomic E-state index is 4.84. The van der Waals surface area contributed by atoms with Crippen molar-refractivity contribution in [3.05, 3.63) is 38.0 Å². The molecule has 0 amide bonds. The Hall–Kier alpha value is -0.670. The monoisotopic (exact) mass is 518 g/mol. The first-order valence-corrected chi connectivity index (χ1v) is 11.4. The summed E-state index contributed by atoms with van der Waals surface area (Å²) in [5.41, 5.74) is 1.38. The summed E-state index contributed by atoms with van der Waals surface area (Å²) in [5, 5.41) is 6.87. The maximum atomic E-state index is 4.84. The number of rotatable bonds is 8. The Morgan fingerprint density at radius 2 is 2.15 bits per heavy atom. The summed E-state index contributed by atoms with van der Waals surface area (Å²) in [6.45, 7) is 4.88. The average Bonchev–Trinajstić information content (AvgIpc) is 3.31. The lowest BCUT2D eigenvalue weighted by Crippen LogP contribution is -2.40. The van der Waals surface area contributed by atoms with Gasteiger partial charge >= 0.3 is 0 Å². The zero-order chi connectivity index (χ0) is 18.2. The topological polar surface area (TPSA) is 40.5 Å². The van der Waals surface area contributed by atoms with Crippen LogP contribution >= 0.6 is 46.7 Å². The van der Waals surface area contributed by atoms with Crippen molar-refractivity contribution in [3.8, 4) is 0 Å². The van der Waals surface area contributed by atoms with E-state index in [9.17, 15) is 0 Å². The fourth-order valence-electron chi connectivity index (χ4n) is 3.24. The van der Waals surface area contributed by atoms with E-state index in [1.165, 1.54) is 46.1 Å². The SMILES string of the molecule is CCNC(=NCCCc1nc2c(s1)CCCC2)N(C)CCc1cccs1.I. The number of aliphatic imine (C=N–C) groups is 1. The molecular formula is C20H31IN4S2. The normalized spacial score (nSPS) is 13.8. The van der Waals surface area contributed by atoms with Crippen molar-refractivity contribution >= 4 is 52.6 Å². The number of halogens is 1. The summed E-state index contributed by atoms with van der Waals surface area (Å²) in [5.74, 6) is 1.02. The molecule has 1 aliphatic carbocycles. The molecule has 0 aliphatic heterocycles. The van der Waals surface area contributed by atoms with Gasteiger partial charge in [0.15, 0.2) is 5.96 Å². The molecule has 0 radical (unpaired) electrons. The summed E-state index contributed by atoms with van der Waals surface area (Å²) in [7, 11) is 2.13. The van der Waals surface area contributed by atoms with E-state index in [0.717, 1.165) is 44.9 Å². The van der Waals surface area contributed by atoms with Crippen LogP contribution in [0.1, 0.15) is 46.6 Å². The molecule has 27 heavy (non-hydrogen) atoms. The summed E-state index contributed by atoms with van der Waals surface area (Å²) in [4.78, 5) is 14.9. The first-order valence-electron chi connectivity index (χ1n) is 9.75. The van der Waals surface area contributed by atoms with Crippen molar-refractivity contribution in [2.45, 2.75) is 51.9 Å². The molecule has 1 N–H and O–H groups in total. The highest BCUT2D eigenvalue weighted by Gasteiger charge is 2.14. The highest BCUT2D eigenvalue weighted by atomic mass is 127. The van der Waals surface area contributed by atoms with Crippen LogP contribution in [0.5, 0.6) is 0 Å². The van der Waals surface area contributed by atoms with Crippen molar-refractivity contribution in [2.75, 3.05) is 26.7 Å². The number of thiazole rings is 1. The molecule has 0 saturated heterocycles. The minimum absolute atomic E-state index is 0. The second kappa shape index (κ2) is 12.0. The van der Waals surface area contributed by atoms with E-state index in [4.69, 9.17) is 9.98 Å². The van der Waals surface area contributed by atoms with Crippen LogP contribution in [0, 0.1) is 0 Å². The van der Waals surface area contributed by atoms with E-state index in [1.807, 2.05) is 22.7 Å². The standard InChI is InChI=1S/C20H30N4S2.HI/c1-3-21-20(24(2)14-12-16-8-7-15-25-16)22-13-6-11-19-23-17-9-4-5-10-18(17)26-19;/h7-8,15H,3-6,9-14H2,1-2H3,(H,21,22);1H. The molecule has 3 rings (SSSR count). The van der Waals surface area contributed by atoms with Crippen LogP contribution in [-0.4, -0.2) is 42.5 Å². The molecule has 4 nitrogen and oxygen atoms in total. The van der Waals surface area contributed by atoms with E-state index >= 15 is 0 Å². The quantitative estimate of drug-likeness (QED) is 0.237. The molecule has 2 aromatic heterocycles. The highest BCUT2D eigenvalue weighted by molar-refractivity contribution is 14.0. The molecule has 7 heteroatoms. The lowest BCUT2D eigenvalue weighted by Gasteiger charge is -2.21. The minimum atomic E-state index is 0. The van der Waals surface area contributed by atoms with Crippen LogP contribution in [0.15, 0.2) is 22.5 Å². The third-order valence-corrected chi connectivity index (χ3v) is 6.82. The number of hydrogen-bond acceptors (Lipinski definition) is 4. The third-order valence-electron chi connectivity index (χ3n) is 4.67. The largest absolute Gasteiger partial charge is 0.357 e. The van der Waals surface area contributed by atoms with Gasteiger partial charge in [-0.05, 0) is 56.9 Å². The lowest BCUT2D eigenvalue weighted by molar-refractivity contribution is 0.486. The van der Waals surface area contributed by atoms with Gasteiger partial charge < -0.3 is 10.2 Å². The number of aromatic nitrogens is 1. The summed E-state index contributed by atoms with van der Waals surface area (Å²) >= 11 is 3.76. The molecule has 0 spiro atoms. The van der Waals surface area contributed by atoms with Gasteiger partial charge in [-0.2, -0.15) is 0 Å². The Kier molecular flexibility index (Phi) is 10.1. The maximum Gasteiger partial charge on any atom is 0.193 e. The van der Waals surface area contributed by atoms with Gasteiger partial charge in [0.1, 0.15) is 0 Å². The number of hydrogen-bond donors (Lipinski definition) is 1. The predicted octanol–water partition coefficient (Wildman–Crippen LogP) is 4.77. The van der Waals surface area contributed by atoms with Gasteiger partial charge in [-0.25, -0.2) is 4.98 Å². The molecule has 0 saturated carbocycles. The number of guanidine groups is 1. The van der Waals surface area contributed by atoms with Gasteiger partial charge in [-0.15, -0.1) is 46.7 Å². The molecule has 150 valence electrons. The molecule has 0 atom stereocenters. The van der Waals surface area contributed by atoms with Gasteiger partial charge in [0.25, 0.3) is 0 Å². The fourth-order valence-corrected chi connectivity index (χ4v) is 5.13. The second-order valence-electron chi connectivity index (χ2n) is 6.77. The number of likely N-dealkylation sites (N-methyl/N-ethyl adjacent to an activating group) is 1. The first-order chi connectivity index (χ1) is 12.8. The molecule has 0 aromatic carbocycles. The number of aryl methyl sites for hydroxylation is 3. The lowest BCUT2D eigenvalue weighted by atomic mass is 10.0. The summed E-state index contributed by atoms with van der Waals surface area (Å²) in [6, 6.07) is 4.33. The van der Waals surface area contributed by atoms with E-state index in [2.05, 4.69) is 41.7 Å². The van der Waals surface area contributed by atoms with Crippen LogP contribution in [-0.2, 0) is 25.7 Å². The van der Waals surface area contributed by atoms with Crippen LogP contribution < -0.4 is 5.32 Å². The summed E-state index contributed by atoms with van der Waals surface area (Å²) < 4.78 is 0. The molecule has 2 heterocycles. The van der Waals surface area contributed by atoms with Crippen LogP contribution in [0.2, 0.25) is 0 Å². The van der Waals surface area contributed by atoms with Crippen molar-refractivity contribution in [1.29, 1.82) is 0 Å². The smallest absolute Gasteiger partial charge is 0.193 e. The fraction of sp³-hybridized carbons (Fsp3) is 0.600. The van der Waals surface area contributed by atoms with E-state index < -0.39 is 0 Å².